The molecule has 14 heavy (non-hydrogen) atoms. The second-order valence-corrected chi connectivity index (χ2v) is 5.93. The maximum Gasteiger partial charge on any atom is 0.236 e. The quantitative estimate of drug-likeness (QED) is 0.778. The number of rotatable bonds is 3. The van der Waals surface area contributed by atoms with Crippen LogP contribution in [0, 0.1) is 0 Å². The summed E-state index contributed by atoms with van der Waals surface area (Å²) < 4.78 is 0. The molecular weight excluding hydrogens is 216 g/mol. The van der Waals surface area contributed by atoms with E-state index < -0.39 is 0 Å². The maximum absolute atomic E-state index is 11.9. The summed E-state index contributed by atoms with van der Waals surface area (Å²) in [7, 11) is 1.85. The Morgan fingerprint density at radius 2 is 2.36 bits per heavy atom. The molecule has 0 aliphatic carbocycles. The van der Waals surface area contributed by atoms with Gasteiger partial charge in [0.25, 0.3) is 0 Å². The molecule has 1 amide bonds. The van der Waals surface area contributed by atoms with Crippen molar-refractivity contribution in [3.8, 4) is 0 Å². The monoisotopic (exact) mass is 234 g/mol. The molecule has 3 nitrogen and oxygen atoms in total. The van der Waals surface area contributed by atoms with Crippen LogP contribution >= 0.6 is 23.5 Å². The molecule has 0 saturated carbocycles. The fourth-order valence-corrected chi connectivity index (χ4v) is 3.88. The van der Waals surface area contributed by atoms with Gasteiger partial charge in [0.2, 0.25) is 5.91 Å². The zero-order chi connectivity index (χ0) is 10.6. The van der Waals surface area contributed by atoms with Crippen LogP contribution in [0.1, 0.15) is 6.92 Å². The van der Waals surface area contributed by atoms with Crippen molar-refractivity contribution in [2.75, 3.05) is 30.9 Å². The number of hydrogen-bond donors (Lipinski definition) is 1. The Hall–Kier alpha value is 0.130. The fraction of sp³-hybridized carbons (Fsp3) is 0.889. The third kappa shape index (κ3) is 3.07. The van der Waals surface area contributed by atoms with E-state index in [1.165, 1.54) is 5.75 Å². The van der Waals surface area contributed by atoms with E-state index in [2.05, 4.69) is 0 Å². The van der Waals surface area contributed by atoms with E-state index in [4.69, 9.17) is 5.73 Å². The number of nitrogens with zero attached hydrogens (tertiary/aromatic N) is 1. The summed E-state index contributed by atoms with van der Waals surface area (Å²) in [6, 6.07) is 0.148. The van der Waals surface area contributed by atoms with Crippen LogP contribution < -0.4 is 5.73 Å². The van der Waals surface area contributed by atoms with Gasteiger partial charge in [0, 0.05) is 36.9 Å². The second-order valence-electron chi connectivity index (χ2n) is 3.47. The highest BCUT2D eigenvalue weighted by Crippen LogP contribution is 2.25. The van der Waals surface area contributed by atoms with Gasteiger partial charge in [0.15, 0.2) is 0 Å². The van der Waals surface area contributed by atoms with Crippen molar-refractivity contribution in [2.24, 2.45) is 5.73 Å². The molecular formula is C9H18N2OS2. The molecule has 1 aliphatic heterocycles. The van der Waals surface area contributed by atoms with Gasteiger partial charge < -0.3 is 10.6 Å². The SMILES string of the molecule is CC(CN)N(C)C(=O)C1CSCCS1. The highest BCUT2D eigenvalue weighted by atomic mass is 32.2. The second kappa shape index (κ2) is 5.88. The molecule has 82 valence electrons. The third-order valence-electron chi connectivity index (χ3n) is 2.44. The number of carbonyl (C=O) groups is 1. The Morgan fingerprint density at radius 3 is 2.86 bits per heavy atom. The summed E-state index contributed by atoms with van der Waals surface area (Å²) in [6.07, 6.45) is 0. The van der Waals surface area contributed by atoms with E-state index in [-0.39, 0.29) is 17.2 Å². The Morgan fingerprint density at radius 1 is 1.64 bits per heavy atom. The predicted molar refractivity (Wildman–Crippen MR) is 64.9 cm³/mol. The molecule has 0 bridgehead atoms. The summed E-state index contributed by atoms with van der Waals surface area (Å²) in [5.74, 6) is 3.45. The van der Waals surface area contributed by atoms with Crippen LogP contribution in [0.15, 0.2) is 0 Å². The lowest BCUT2D eigenvalue weighted by Crippen LogP contribution is -2.45. The first-order valence-corrected chi connectivity index (χ1v) is 7.03. The summed E-state index contributed by atoms with van der Waals surface area (Å²) in [5, 5.41) is 0.146. The topological polar surface area (TPSA) is 46.3 Å². The Labute approximate surface area is 94.2 Å². The van der Waals surface area contributed by atoms with Crippen molar-refractivity contribution in [3.63, 3.8) is 0 Å². The Balaban J connectivity index is 2.46. The zero-order valence-corrected chi connectivity index (χ0v) is 10.4. The average Bonchev–Trinajstić information content (AvgIpc) is 2.27. The molecule has 1 fully saturated rings. The van der Waals surface area contributed by atoms with Crippen molar-refractivity contribution in [1.29, 1.82) is 0 Å². The van der Waals surface area contributed by atoms with Crippen molar-refractivity contribution in [3.05, 3.63) is 0 Å². The minimum absolute atomic E-state index is 0.146. The molecule has 2 atom stereocenters. The molecule has 0 spiro atoms. The van der Waals surface area contributed by atoms with E-state index >= 15 is 0 Å². The molecule has 0 aromatic heterocycles. The summed E-state index contributed by atoms with van der Waals surface area (Å²) in [5.41, 5.74) is 5.53. The van der Waals surface area contributed by atoms with Gasteiger partial charge in [-0.3, -0.25) is 4.79 Å². The minimum Gasteiger partial charge on any atom is -0.341 e. The molecule has 2 unspecified atom stereocenters. The third-order valence-corrected chi connectivity index (χ3v) is 5.18. The number of thioether (sulfide) groups is 2. The maximum atomic E-state index is 11.9. The van der Waals surface area contributed by atoms with Crippen LogP contribution in [0.5, 0.6) is 0 Å². The van der Waals surface area contributed by atoms with Gasteiger partial charge in [-0.2, -0.15) is 11.8 Å². The smallest absolute Gasteiger partial charge is 0.236 e. The number of likely N-dealkylation sites (N-methyl/N-ethyl adjacent to an activating group) is 1. The number of carbonyl (C=O) groups excluding carboxylic acids is 1. The van der Waals surface area contributed by atoms with E-state index in [1.807, 2.05) is 25.7 Å². The number of nitrogens with two attached hydrogens (primary N) is 1. The molecule has 1 aliphatic rings. The standard InChI is InChI=1S/C9H18N2OS2/c1-7(5-10)11(2)9(12)8-6-13-3-4-14-8/h7-8H,3-6,10H2,1-2H3. The summed E-state index contributed by atoms with van der Waals surface area (Å²) in [4.78, 5) is 13.7. The molecule has 1 saturated heterocycles. The zero-order valence-electron chi connectivity index (χ0n) is 8.73. The first-order chi connectivity index (χ1) is 6.66. The fourth-order valence-electron chi connectivity index (χ4n) is 1.23. The molecule has 2 N–H and O–H groups in total. The van der Waals surface area contributed by atoms with Crippen LogP contribution in [-0.2, 0) is 4.79 Å². The van der Waals surface area contributed by atoms with Crippen LogP contribution in [0.3, 0.4) is 0 Å². The highest BCUT2D eigenvalue weighted by Gasteiger charge is 2.26. The van der Waals surface area contributed by atoms with Gasteiger partial charge in [-0.1, -0.05) is 0 Å². The molecule has 5 heteroatoms. The van der Waals surface area contributed by atoms with Crippen LogP contribution in [0.4, 0.5) is 0 Å². The van der Waals surface area contributed by atoms with Gasteiger partial charge in [-0.05, 0) is 6.92 Å². The van der Waals surface area contributed by atoms with Gasteiger partial charge >= 0.3 is 0 Å². The van der Waals surface area contributed by atoms with Gasteiger partial charge in [0.1, 0.15) is 0 Å². The van der Waals surface area contributed by atoms with Crippen molar-refractivity contribution in [2.45, 2.75) is 18.2 Å². The van der Waals surface area contributed by atoms with E-state index in [1.54, 1.807) is 16.7 Å². The molecule has 0 aromatic carbocycles. The lowest BCUT2D eigenvalue weighted by atomic mass is 10.3. The van der Waals surface area contributed by atoms with Gasteiger partial charge in [-0.15, -0.1) is 11.8 Å². The first-order valence-electron chi connectivity index (χ1n) is 4.83. The van der Waals surface area contributed by atoms with Crippen LogP contribution in [0.25, 0.3) is 0 Å². The van der Waals surface area contributed by atoms with E-state index in [0.29, 0.717) is 6.54 Å². The lowest BCUT2D eigenvalue weighted by molar-refractivity contribution is -0.130. The Kier molecular flexibility index (Phi) is 5.12. The van der Waals surface area contributed by atoms with Crippen molar-refractivity contribution in [1.82, 2.24) is 4.90 Å². The number of amides is 1. The average molecular weight is 234 g/mol. The molecule has 1 rings (SSSR count). The predicted octanol–water partition coefficient (Wildman–Crippen LogP) is 0.641. The first kappa shape index (κ1) is 12.2. The van der Waals surface area contributed by atoms with Crippen LogP contribution in [-0.4, -0.2) is 52.9 Å². The molecule has 0 aromatic rings. The number of hydrogen-bond acceptors (Lipinski definition) is 4. The summed E-state index contributed by atoms with van der Waals surface area (Å²) >= 11 is 3.64. The summed E-state index contributed by atoms with van der Waals surface area (Å²) in [6.45, 7) is 2.52. The van der Waals surface area contributed by atoms with Gasteiger partial charge in [0.05, 0.1) is 5.25 Å². The van der Waals surface area contributed by atoms with E-state index in [9.17, 15) is 4.79 Å². The largest absolute Gasteiger partial charge is 0.341 e. The minimum atomic E-state index is 0.146. The Bertz CT molecular complexity index is 191. The van der Waals surface area contributed by atoms with E-state index in [0.717, 1.165) is 11.5 Å². The van der Waals surface area contributed by atoms with Gasteiger partial charge in [-0.25, -0.2) is 0 Å². The van der Waals surface area contributed by atoms with Crippen molar-refractivity contribution >= 4 is 29.4 Å². The van der Waals surface area contributed by atoms with Crippen molar-refractivity contribution < 1.29 is 4.79 Å². The highest BCUT2D eigenvalue weighted by molar-refractivity contribution is 8.07. The normalized spacial score (nSPS) is 24.4. The lowest BCUT2D eigenvalue weighted by Gasteiger charge is -2.29. The van der Waals surface area contributed by atoms with Crippen LogP contribution in [0.2, 0.25) is 0 Å². The molecule has 1 heterocycles. The molecule has 0 radical (unpaired) electrons.